The van der Waals surface area contributed by atoms with Crippen LogP contribution in [0.4, 0.5) is 0 Å². The molecule has 1 rings (SSSR count). The van der Waals surface area contributed by atoms with Gasteiger partial charge in [-0.3, -0.25) is 14.5 Å². The number of carbonyl (C=O) groups is 2. The SMILES string of the molecule is CN(CC(N)=O)CC(=O)c1ccc(C#N)cc1. The van der Waals surface area contributed by atoms with Crippen LogP contribution in [0.25, 0.3) is 0 Å². The molecule has 0 radical (unpaired) electrons. The van der Waals surface area contributed by atoms with Crippen LogP contribution in [0.15, 0.2) is 24.3 Å². The number of amides is 1. The van der Waals surface area contributed by atoms with Crippen molar-refractivity contribution >= 4 is 11.7 Å². The Bertz CT molecular complexity index is 460. The van der Waals surface area contributed by atoms with Crippen molar-refractivity contribution in [3.63, 3.8) is 0 Å². The molecule has 0 fully saturated rings. The predicted octanol–water partition coefficient (Wildman–Crippen LogP) is 0.158. The van der Waals surface area contributed by atoms with Gasteiger partial charge in [0.15, 0.2) is 5.78 Å². The minimum atomic E-state index is -0.472. The molecule has 0 aliphatic heterocycles. The number of primary amides is 1. The predicted molar refractivity (Wildman–Crippen MR) is 62.2 cm³/mol. The van der Waals surface area contributed by atoms with Crippen LogP contribution < -0.4 is 5.73 Å². The van der Waals surface area contributed by atoms with Gasteiger partial charge in [-0.05, 0) is 19.2 Å². The number of nitrogens with two attached hydrogens (primary N) is 1. The molecule has 17 heavy (non-hydrogen) atoms. The van der Waals surface area contributed by atoms with Gasteiger partial charge in [-0.15, -0.1) is 0 Å². The maximum Gasteiger partial charge on any atom is 0.231 e. The molecule has 0 saturated heterocycles. The molecule has 1 aromatic carbocycles. The number of ketones is 1. The molecular weight excluding hydrogens is 218 g/mol. The topological polar surface area (TPSA) is 87.2 Å². The highest BCUT2D eigenvalue weighted by Gasteiger charge is 2.10. The van der Waals surface area contributed by atoms with E-state index in [0.29, 0.717) is 11.1 Å². The van der Waals surface area contributed by atoms with Crippen LogP contribution in [-0.4, -0.2) is 36.7 Å². The number of nitriles is 1. The largest absolute Gasteiger partial charge is 0.369 e. The molecule has 5 heteroatoms. The van der Waals surface area contributed by atoms with Gasteiger partial charge in [-0.1, -0.05) is 12.1 Å². The van der Waals surface area contributed by atoms with E-state index in [2.05, 4.69) is 0 Å². The van der Waals surface area contributed by atoms with Crippen molar-refractivity contribution < 1.29 is 9.59 Å². The van der Waals surface area contributed by atoms with Crippen molar-refractivity contribution in [2.45, 2.75) is 0 Å². The fraction of sp³-hybridized carbons (Fsp3) is 0.250. The molecule has 2 N–H and O–H groups in total. The van der Waals surface area contributed by atoms with Crippen molar-refractivity contribution in [2.24, 2.45) is 5.73 Å². The van der Waals surface area contributed by atoms with Gasteiger partial charge in [0.1, 0.15) is 0 Å². The number of benzene rings is 1. The zero-order valence-electron chi connectivity index (χ0n) is 9.51. The van der Waals surface area contributed by atoms with Gasteiger partial charge in [0.25, 0.3) is 0 Å². The van der Waals surface area contributed by atoms with Crippen LogP contribution in [0.1, 0.15) is 15.9 Å². The summed E-state index contributed by atoms with van der Waals surface area (Å²) in [5.74, 6) is -0.585. The van der Waals surface area contributed by atoms with Gasteiger partial charge in [0.05, 0.1) is 24.7 Å². The maximum atomic E-state index is 11.8. The monoisotopic (exact) mass is 231 g/mol. The van der Waals surface area contributed by atoms with Crippen molar-refractivity contribution in [2.75, 3.05) is 20.1 Å². The van der Waals surface area contributed by atoms with Crippen LogP contribution >= 0.6 is 0 Å². The molecule has 0 unspecified atom stereocenters. The van der Waals surface area contributed by atoms with Crippen molar-refractivity contribution in [3.05, 3.63) is 35.4 Å². The Balaban J connectivity index is 2.64. The smallest absolute Gasteiger partial charge is 0.231 e. The second-order valence-corrected chi connectivity index (χ2v) is 3.75. The standard InChI is InChI=1S/C12H13N3O2/c1-15(8-12(14)17)7-11(16)10-4-2-9(6-13)3-5-10/h2-5H,7-8H2,1H3,(H2,14,17). The molecule has 0 saturated carbocycles. The Morgan fingerprint density at radius 3 is 2.35 bits per heavy atom. The summed E-state index contributed by atoms with van der Waals surface area (Å²) in [5.41, 5.74) is 6.04. The highest BCUT2D eigenvalue weighted by Crippen LogP contribution is 2.04. The average Bonchev–Trinajstić information content (AvgIpc) is 2.28. The molecule has 0 spiro atoms. The van der Waals surface area contributed by atoms with Gasteiger partial charge in [-0.25, -0.2) is 0 Å². The van der Waals surface area contributed by atoms with E-state index in [4.69, 9.17) is 11.0 Å². The first-order valence-corrected chi connectivity index (χ1v) is 5.03. The van der Waals surface area contributed by atoms with Crippen molar-refractivity contribution in [1.82, 2.24) is 4.90 Å². The third kappa shape index (κ3) is 4.05. The fourth-order valence-corrected chi connectivity index (χ4v) is 1.39. The van der Waals surface area contributed by atoms with E-state index in [-0.39, 0.29) is 18.9 Å². The number of carbonyl (C=O) groups excluding carboxylic acids is 2. The third-order valence-corrected chi connectivity index (χ3v) is 2.18. The molecule has 1 aromatic rings. The molecule has 0 atom stereocenters. The molecule has 0 bridgehead atoms. The number of likely N-dealkylation sites (N-methyl/N-ethyl adjacent to an activating group) is 1. The molecule has 0 heterocycles. The van der Waals surface area contributed by atoms with Gasteiger partial charge in [0.2, 0.25) is 5.91 Å². The Morgan fingerprint density at radius 1 is 1.29 bits per heavy atom. The zero-order chi connectivity index (χ0) is 12.8. The third-order valence-electron chi connectivity index (χ3n) is 2.18. The lowest BCUT2D eigenvalue weighted by atomic mass is 10.1. The minimum Gasteiger partial charge on any atom is -0.369 e. The molecule has 5 nitrogen and oxygen atoms in total. The van der Waals surface area contributed by atoms with E-state index in [0.717, 1.165) is 0 Å². The Kier molecular flexibility index (Phi) is 4.37. The molecule has 0 aliphatic carbocycles. The first-order chi connectivity index (χ1) is 8.02. The van der Waals surface area contributed by atoms with Crippen LogP contribution in [0, 0.1) is 11.3 Å². The molecule has 0 aromatic heterocycles. The van der Waals surface area contributed by atoms with Gasteiger partial charge in [0, 0.05) is 5.56 Å². The van der Waals surface area contributed by atoms with Gasteiger partial charge < -0.3 is 5.73 Å². The summed E-state index contributed by atoms with van der Waals surface area (Å²) in [4.78, 5) is 23.9. The Hall–Kier alpha value is -2.19. The molecule has 88 valence electrons. The van der Waals surface area contributed by atoms with Crippen molar-refractivity contribution in [1.29, 1.82) is 5.26 Å². The first-order valence-electron chi connectivity index (χ1n) is 5.03. The summed E-state index contributed by atoms with van der Waals surface area (Å²) in [5, 5.41) is 8.62. The average molecular weight is 231 g/mol. The highest BCUT2D eigenvalue weighted by atomic mass is 16.1. The Labute approximate surface area is 99.4 Å². The van der Waals surface area contributed by atoms with E-state index in [9.17, 15) is 9.59 Å². The maximum absolute atomic E-state index is 11.8. The lowest BCUT2D eigenvalue weighted by Crippen LogP contribution is -2.34. The number of hydrogen-bond donors (Lipinski definition) is 1. The van der Waals surface area contributed by atoms with E-state index >= 15 is 0 Å². The number of hydrogen-bond acceptors (Lipinski definition) is 4. The summed E-state index contributed by atoms with van der Waals surface area (Å²) < 4.78 is 0. The molecule has 0 aliphatic rings. The highest BCUT2D eigenvalue weighted by molar-refractivity contribution is 5.97. The Morgan fingerprint density at radius 2 is 1.88 bits per heavy atom. The van der Waals surface area contributed by atoms with Crippen LogP contribution in [-0.2, 0) is 4.79 Å². The van der Waals surface area contributed by atoms with Crippen molar-refractivity contribution in [3.8, 4) is 6.07 Å². The lowest BCUT2D eigenvalue weighted by Gasteiger charge is -2.13. The summed E-state index contributed by atoms with van der Waals surface area (Å²) >= 11 is 0. The summed E-state index contributed by atoms with van der Waals surface area (Å²) in [6, 6.07) is 8.34. The van der Waals surface area contributed by atoms with E-state index < -0.39 is 5.91 Å². The number of rotatable bonds is 5. The summed E-state index contributed by atoms with van der Waals surface area (Å²) in [7, 11) is 1.65. The van der Waals surface area contributed by atoms with Crippen LogP contribution in [0.3, 0.4) is 0 Å². The number of nitrogens with zero attached hydrogens (tertiary/aromatic N) is 2. The summed E-state index contributed by atoms with van der Waals surface area (Å²) in [6.45, 7) is 0.164. The van der Waals surface area contributed by atoms with E-state index in [1.54, 1.807) is 36.2 Å². The molecule has 1 amide bonds. The fourth-order valence-electron chi connectivity index (χ4n) is 1.39. The van der Waals surface area contributed by atoms with E-state index in [1.165, 1.54) is 0 Å². The number of Topliss-reactive ketones (excluding diaryl/α,β-unsaturated/α-hetero) is 1. The second kappa shape index (κ2) is 5.77. The summed E-state index contributed by atoms with van der Waals surface area (Å²) in [6.07, 6.45) is 0. The molecular formula is C12H13N3O2. The first kappa shape index (κ1) is 12.9. The normalized spacial score (nSPS) is 9.94. The van der Waals surface area contributed by atoms with Crippen LogP contribution in [0.5, 0.6) is 0 Å². The van der Waals surface area contributed by atoms with Gasteiger partial charge >= 0.3 is 0 Å². The minimum absolute atomic E-state index is 0.0437. The lowest BCUT2D eigenvalue weighted by molar-refractivity contribution is -0.118. The second-order valence-electron chi connectivity index (χ2n) is 3.75. The van der Waals surface area contributed by atoms with Crippen LogP contribution in [0.2, 0.25) is 0 Å². The quantitative estimate of drug-likeness (QED) is 0.731. The van der Waals surface area contributed by atoms with Gasteiger partial charge in [-0.2, -0.15) is 5.26 Å². The van der Waals surface area contributed by atoms with E-state index in [1.807, 2.05) is 6.07 Å². The zero-order valence-corrected chi connectivity index (χ0v) is 9.51.